The lowest BCUT2D eigenvalue weighted by Crippen LogP contribution is -2.40. The number of ether oxygens (including phenoxy) is 1. The van der Waals surface area contributed by atoms with Gasteiger partial charge in [0.05, 0.1) is 12.0 Å². The fraction of sp³-hybridized carbons (Fsp3) is 0.500. The van der Waals surface area contributed by atoms with Crippen molar-refractivity contribution < 1.29 is 14.6 Å². The smallest absolute Gasteiger partial charge is 0.229 e. The number of hydrogen-bond donors (Lipinski definition) is 1. The average molecular weight is 247 g/mol. The number of likely N-dealkylation sites (tertiary alicyclic amines) is 1. The van der Waals surface area contributed by atoms with Gasteiger partial charge in [0, 0.05) is 13.1 Å². The van der Waals surface area contributed by atoms with Crippen LogP contribution in [0.4, 0.5) is 0 Å². The third-order valence-corrected chi connectivity index (χ3v) is 3.70. The zero-order chi connectivity index (χ0) is 12.5. The van der Waals surface area contributed by atoms with Crippen LogP contribution >= 0.6 is 0 Å². The molecule has 3 rings (SSSR count). The Kier molecular flexibility index (Phi) is 2.96. The van der Waals surface area contributed by atoms with E-state index in [0.717, 1.165) is 17.7 Å². The summed E-state index contributed by atoms with van der Waals surface area (Å²) < 4.78 is 5.63. The first-order chi connectivity index (χ1) is 8.74. The maximum absolute atomic E-state index is 12.3. The van der Waals surface area contributed by atoms with Crippen molar-refractivity contribution in [2.75, 3.05) is 19.7 Å². The van der Waals surface area contributed by atoms with Crippen molar-refractivity contribution in [2.45, 2.75) is 18.9 Å². The molecule has 4 heteroatoms. The number of carbonyl (C=O) groups is 1. The molecule has 1 aromatic carbocycles. The molecule has 1 saturated heterocycles. The lowest BCUT2D eigenvalue weighted by atomic mass is 9.95. The van der Waals surface area contributed by atoms with Gasteiger partial charge in [0.25, 0.3) is 0 Å². The summed E-state index contributed by atoms with van der Waals surface area (Å²) in [5.74, 6) is 0.897. The highest BCUT2D eigenvalue weighted by atomic mass is 16.5. The molecule has 4 nitrogen and oxygen atoms in total. The molecule has 2 aliphatic rings. The van der Waals surface area contributed by atoms with Crippen LogP contribution in [-0.4, -0.2) is 41.7 Å². The van der Waals surface area contributed by atoms with Crippen LogP contribution in [0.3, 0.4) is 0 Å². The normalized spacial score (nSPS) is 26.6. The zero-order valence-corrected chi connectivity index (χ0v) is 10.2. The number of aliphatic hydroxyl groups excluding tert-OH is 1. The van der Waals surface area contributed by atoms with E-state index in [0.29, 0.717) is 26.1 Å². The monoisotopic (exact) mass is 247 g/mol. The Morgan fingerprint density at radius 2 is 2.22 bits per heavy atom. The van der Waals surface area contributed by atoms with E-state index in [-0.39, 0.29) is 17.9 Å². The molecule has 0 radical (unpaired) electrons. The van der Waals surface area contributed by atoms with Gasteiger partial charge in [-0.25, -0.2) is 0 Å². The van der Waals surface area contributed by atoms with Crippen LogP contribution in [0.5, 0.6) is 5.75 Å². The molecule has 0 saturated carbocycles. The first-order valence-electron chi connectivity index (χ1n) is 6.41. The van der Waals surface area contributed by atoms with Gasteiger partial charge in [-0.2, -0.15) is 0 Å². The van der Waals surface area contributed by atoms with Gasteiger partial charge in [-0.15, -0.1) is 0 Å². The summed E-state index contributed by atoms with van der Waals surface area (Å²) >= 11 is 0. The maximum atomic E-state index is 12.3. The molecule has 1 aromatic rings. The number of para-hydroxylation sites is 1. The van der Waals surface area contributed by atoms with Crippen molar-refractivity contribution in [3.8, 4) is 5.75 Å². The van der Waals surface area contributed by atoms with Crippen LogP contribution in [0.15, 0.2) is 24.3 Å². The molecule has 18 heavy (non-hydrogen) atoms. The third kappa shape index (κ3) is 2.08. The molecule has 2 aliphatic heterocycles. The topological polar surface area (TPSA) is 49.8 Å². The van der Waals surface area contributed by atoms with Gasteiger partial charge in [-0.1, -0.05) is 18.2 Å². The van der Waals surface area contributed by atoms with E-state index < -0.39 is 0 Å². The van der Waals surface area contributed by atoms with Crippen molar-refractivity contribution in [3.63, 3.8) is 0 Å². The number of carbonyl (C=O) groups excluding carboxylic acids is 1. The van der Waals surface area contributed by atoms with E-state index in [1.54, 1.807) is 4.90 Å². The minimum atomic E-state index is -0.356. The molecule has 1 N–H and O–H groups in total. The lowest BCUT2D eigenvalue weighted by Gasteiger charge is -2.28. The molecule has 1 amide bonds. The van der Waals surface area contributed by atoms with Crippen LogP contribution in [0.1, 0.15) is 12.0 Å². The molecule has 0 aliphatic carbocycles. The summed E-state index contributed by atoms with van der Waals surface area (Å²) in [6.07, 6.45) is 1.07. The molecule has 2 heterocycles. The van der Waals surface area contributed by atoms with Gasteiger partial charge in [0.1, 0.15) is 12.4 Å². The summed E-state index contributed by atoms with van der Waals surface area (Å²) in [6, 6.07) is 7.86. The summed E-state index contributed by atoms with van der Waals surface area (Å²) in [7, 11) is 0. The van der Waals surface area contributed by atoms with Crippen LogP contribution in [0.25, 0.3) is 0 Å². The third-order valence-electron chi connectivity index (χ3n) is 3.70. The minimum Gasteiger partial charge on any atom is -0.492 e. The van der Waals surface area contributed by atoms with Crippen LogP contribution in [0.2, 0.25) is 0 Å². The Morgan fingerprint density at radius 3 is 3.00 bits per heavy atom. The van der Waals surface area contributed by atoms with E-state index in [2.05, 4.69) is 0 Å². The largest absolute Gasteiger partial charge is 0.492 e. The Hall–Kier alpha value is -1.55. The van der Waals surface area contributed by atoms with Crippen molar-refractivity contribution in [3.05, 3.63) is 29.8 Å². The number of rotatable bonds is 1. The molecule has 2 atom stereocenters. The summed E-state index contributed by atoms with van der Waals surface area (Å²) in [4.78, 5) is 14.0. The SMILES string of the molecule is O=C(C1COc2ccccc2C1)N1CC[C@H](O)C1. The Bertz CT molecular complexity index is 460. The highest BCUT2D eigenvalue weighted by molar-refractivity contribution is 5.80. The standard InChI is InChI=1S/C14H17NO3/c16-12-5-6-15(8-12)14(17)11-7-10-3-1-2-4-13(10)18-9-11/h1-4,11-12,16H,5-9H2/t11?,12-/m0/s1. The van der Waals surface area contributed by atoms with Crippen molar-refractivity contribution >= 4 is 5.91 Å². The van der Waals surface area contributed by atoms with Crippen LogP contribution < -0.4 is 4.74 Å². The van der Waals surface area contributed by atoms with E-state index in [1.807, 2.05) is 24.3 Å². The zero-order valence-electron chi connectivity index (χ0n) is 10.2. The fourth-order valence-corrected chi connectivity index (χ4v) is 2.69. The molecular formula is C14H17NO3. The van der Waals surface area contributed by atoms with E-state index in [4.69, 9.17) is 4.74 Å². The van der Waals surface area contributed by atoms with Crippen molar-refractivity contribution in [2.24, 2.45) is 5.92 Å². The minimum absolute atomic E-state index is 0.106. The van der Waals surface area contributed by atoms with Gasteiger partial charge < -0.3 is 14.7 Å². The Balaban J connectivity index is 1.70. The van der Waals surface area contributed by atoms with Gasteiger partial charge in [-0.3, -0.25) is 4.79 Å². The number of benzene rings is 1. The average Bonchev–Trinajstić information content (AvgIpc) is 2.84. The van der Waals surface area contributed by atoms with Gasteiger partial charge in [0.15, 0.2) is 0 Å². The number of hydrogen-bond acceptors (Lipinski definition) is 3. The molecular weight excluding hydrogens is 230 g/mol. The summed E-state index contributed by atoms with van der Waals surface area (Å²) in [5.41, 5.74) is 1.10. The number of fused-ring (bicyclic) bond motifs is 1. The van der Waals surface area contributed by atoms with Crippen molar-refractivity contribution in [1.82, 2.24) is 4.90 Å². The van der Waals surface area contributed by atoms with Crippen LogP contribution in [-0.2, 0) is 11.2 Å². The predicted octanol–water partition coefficient (Wildman–Crippen LogP) is 0.831. The Labute approximate surface area is 106 Å². The first kappa shape index (κ1) is 11.5. The molecule has 96 valence electrons. The highest BCUT2D eigenvalue weighted by Gasteiger charge is 2.32. The summed E-state index contributed by atoms with van der Waals surface area (Å²) in [6.45, 7) is 1.58. The van der Waals surface area contributed by atoms with E-state index in [1.165, 1.54) is 0 Å². The second kappa shape index (κ2) is 4.61. The molecule has 1 fully saturated rings. The second-order valence-electron chi connectivity index (χ2n) is 5.05. The molecule has 0 aromatic heterocycles. The molecule has 1 unspecified atom stereocenters. The fourth-order valence-electron chi connectivity index (χ4n) is 2.69. The molecule has 0 bridgehead atoms. The van der Waals surface area contributed by atoms with Gasteiger partial charge >= 0.3 is 0 Å². The summed E-state index contributed by atoms with van der Waals surface area (Å²) in [5, 5.41) is 9.48. The quantitative estimate of drug-likeness (QED) is 0.799. The van der Waals surface area contributed by atoms with Gasteiger partial charge in [0.2, 0.25) is 5.91 Å². The Morgan fingerprint density at radius 1 is 1.39 bits per heavy atom. The number of β-amino-alcohol motifs (C(OH)–C–C–N with tert-alkyl or cyclic N) is 1. The van der Waals surface area contributed by atoms with Crippen LogP contribution in [0, 0.1) is 5.92 Å². The highest BCUT2D eigenvalue weighted by Crippen LogP contribution is 2.28. The number of nitrogens with zero attached hydrogens (tertiary/aromatic N) is 1. The maximum Gasteiger partial charge on any atom is 0.229 e. The lowest BCUT2D eigenvalue weighted by molar-refractivity contribution is -0.136. The van der Waals surface area contributed by atoms with Crippen molar-refractivity contribution in [1.29, 1.82) is 0 Å². The first-order valence-corrected chi connectivity index (χ1v) is 6.41. The molecule has 0 spiro atoms. The van der Waals surface area contributed by atoms with E-state index in [9.17, 15) is 9.90 Å². The van der Waals surface area contributed by atoms with E-state index >= 15 is 0 Å². The second-order valence-corrected chi connectivity index (χ2v) is 5.05. The number of amides is 1. The number of aliphatic hydroxyl groups is 1. The van der Waals surface area contributed by atoms with Gasteiger partial charge in [-0.05, 0) is 24.5 Å². The predicted molar refractivity (Wildman–Crippen MR) is 66.3 cm³/mol.